The van der Waals surface area contributed by atoms with Gasteiger partial charge in [-0.1, -0.05) is 36.4 Å². The molecule has 1 nitrogen and oxygen atoms in total. The lowest BCUT2D eigenvalue weighted by molar-refractivity contribution is 0.410. The van der Waals surface area contributed by atoms with Crippen LogP contribution in [0.5, 0.6) is 0 Å². The summed E-state index contributed by atoms with van der Waals surface area (Å²) in [6.07, 6.45) is 4.13. The molecule has 2 aromatic carbocycles. The van der Waals surface area contributed by atoms with Crippen molar-refractivity contribution in [1.29, 1.82) is 0 Å². The van der Waals surface area contributed by atoms with Gasteiger partial charge in [0.05, 0.1) is 5.69 Å². The van der Waals surface area contributed by atoms with Gasteiger partial charge >= 0.3 is 0 Å². The van der Waals surface area contributed by atoms with E-state index in [2.05, 4.69) is 29.6 Å². The van der Waals surface area contributed by atoms with Gasteiger partial charge in [0, 0.05) is 6.04 Å². The van der Waals surface area contributed by atoms with Crippen molar-refractivity contribution in [2.75, 3.05) is 5.32 Å². The van der Waals surface area contributed by atoms with E-state index in [-0.39, 0.29) is 11.7 Å². The zero-order valence-electron chi connectivity index (χ0n) is 11.9. The smallest absolute Gasteiger partial charge is 0.181 e. The number of benzene rings is 2. The summed E-state index contributed by atoms with van der Waals surface area (Å²) < 4.78 is 26.9. The molecule has 0 amide bonds. The first-order valence-corrected chi connectivity index (χ1v) is 7.49. The summed E-state index contributed by atoms with van der Waals surface area (Å²) in [7, 11) is 0. The lowest BCUT2D eigenvalue weighted by atomic mass is 9.82. The molecule has 110 valence electrons. The molecule has 21 heavy (non-hydrogen) atoms. The van der Waals surface area contributed by atoms with Crippen molar-refractivity contribution in [3.05, 3.63) is 65.7 Å². The maximum absolute atomic E-state index is 13.7. The van der Waals surface area contributed by atoms with E-state index in [9.17, 15) is 8.78 Å². The summed E-state index contributed by atoms with van der Waals surface area (Å²) >= 11 is 0. The van der Waals surface area contributed by atoms with Gasteiger partial charge in [-0.15, -0.1) is 0 Å². The molecule has 0 aliphatic heterocycles. The summed E-state index contributed by atoms with van der Waals surface area (Å²) in [5.74, 6) is -0.984. The number of hydrogen-bond donors (Lipinski definition) is 1. The van der Waals surface area contributed by atoms with Gasteiger partial charge in [-0.05, 0) is 49.3 Å². The van der Waals surface area contributed by atoms with Gasteiger partial charge in [0.15, 0.2) is 11.6 Å². The Labute approximate surface area is 124 Å². The SMILES string of the molecule is Fc1cccc(NC2CCC(c3ccccc3)CC2)c1F. The molecule has 0 aromatic heterocycles. The minimum atomic E-state index is -0.794. The predicted octanol–water partition coefficient (Wildman–Crippen LogP) is 5.10. The Morgan fingerprint density at radius 1 is 0.810 bits per heavy atom. The third kappa shape index (κ3) is 3.23. The van der Waals surface area contributed by atoms with Gasteiger partial charge in [0.25, 0.3) is 0 Å². The predicted molar refractivity (Wildman–Crippen MR) is 81.4 cm³/mol. The third-order valence-corrected chi connectivity index (χ3v) is 4.31. The Bertz CT molecular complexity index is 589. The molecule has 1 fully saturated rings. The first-order chi connectivity index (χ1) is 10.2. The van der Waals surface area contributed by atoms with E-state index in [1.165, 1.54) is 11.6 Å². The average Bonchev–Trinajstić information content (AvgIpc) is 2.53. The number of hydrogen-bond acceptors (Lipinski definition) is 1. The summed E-state index contributed by atoms with van der Waals surface area (Å²) in [4.78, 5) is 0. The largest absolute Gasteiger partial charge is 0.380 e. The third-order valence-electron chi connectivity index (χ3n) is 4.31. The summed E-state index contributed by atoms with van der Waals surface area (Å²) in [5.41, 5.74) is 1.66. The van der Waals surface area contributed by atoms with E-state index in [1.807, 2.05) is 6.07 Å². The van der Waals surface area contributed by atoms with Gasteiger partial charge in [-0.25, -0.2) is 8.78 Å². The molecule has 1 N–H and O–H groups in total. The van der Waals surface area contributed by atoms with Gasteiger partial charge in [-0.3, -0.25) is 0 Å². The minimum Gasteiger partial charge on any atom is -0.380 e. The molecule has 1 aliphatic rings. The molecule has 2 aromatic rings. The van der Waals surface area contributed by atoms with Crippen LogP contribution in [0.4, 0.5) is 14.5 Å². The Morgan fingerprint density at radius 2 is 1.52 bits per heavy atom. The van der Waals surface area contributed by atoms with Crippen LogP contribution in [0.25, 0.3) is 0 Å². The van der Waals surface area contributed by atoms with Crippen molar-refractivity contribution >= 4 is 5.69 Å². The second kappa shape index (κ2) is 6.25. The van der Waals surface area contributed by atoms with E-state index in [0.29, 0.717) is 5.92 Å². The van der Waals surface area contributed by atoms with Crippen LogP contribution in [-0.2, 0) is 0 Å². The molecule has 0 spiro atoms. The topological polar surface area (TPSA) is 12.0 Å². The fourth-order valence-electron chi connectivity index (χ4n) is 3.13. The molecule has 0 heterocycles. The molecule has 0 unspecified atom stereocenters. The first kappa shape index (κ1) is 14.1. The zero-order chi connectivity index (χ0) is 14.7. The number of anilines is 1. The number of nitrogens with one attached hydrogen (secondary N) is 1. The summed E-state index contributed by atoms with van der Waals surface area (Å²) in [6, 6.07) is 15.0. The van der Waals surface area contributed by atoms with Gasteiger partial charge in [0.2, 0.25) is 0 Å². The average molecular weight is 287 g/mol. The maximum atomic E-state index is 13.7. The molecule has 0 bridgehead atoms. The van der Waals surface area contributed by atoms with Gasteiger partial charge in [0.1, 0.15) is 0 Å². The molecule has 3 rings (SSSR count). The van der Waals surface area contributed by atoms with Crippen LogP contribution in [0.1, 0.15) is 37.2 Å². The second-order valence-corrected chi connectivity index (χ2v) is 5.70. The van der Waals surface area contributed by atoms with Gasteiger partial charge < -0.3 is 5.32 Å². The van der Waals surface area contributed by atoms with Crippen LogP contribution >= 0.6 is 0 Å². The Balaban J connectivity index is 1.60. The summed E-state index contributed by atoms with van der Waals surface area (Å²) in [5, 5.41) is 3.15. The minimum absolute atomic E-state index is 0.223. The van der Waals surface area contributed by atoms with Crippen molar-refractivity contribution < 1.29 is 8.78 Å². The van der Waals surface area contributed by atoms with E-state index < -0.39 is 11.6 Å². The standard InChI is InChI=1S/C18H19F2N/c19-16-7-4-8-17(18(16)20)21-15-11-9-14(10-12-15)13-5-2-1-3-6-13/h1-8,14-15,21H,9-12H2. The molecule has 0 radical (unpaired) electrons. The van der Waals surface area contributed by atoms with Crippen LogP contribution < -0.4 is 5.32 Å². The molecule has 1 saturated carbocycles. The van der Waals surface area contributed by atoms with Crippen LogP contribution in [0.15, 0.2) is 48.5 Å². The fraction of sp³-hybridized carbons (Fsp3) is 0.333. The fourth-order valence-corrected chi connectivity index (χ4v) is 3.13. The van der Waals surface area contributed by atoms with Crippen molar-refractivity contribution in [2.45, 2.75) is 37.6 Å². The van der Waals surface area contributed by atoms with Crippen LogP contribution in [-0.4, -0.2) is 6.04 Å². The molecule has 0 saturated heterocycles. The Hall–Kier alpha value is -1.90. The molecular weight excluding hydrogens is 268 g/mol. The van der Waals surface area contributed by atoms with E-state index in [4.69, 9.17) is 0 Å². The molecule has 0 atom stereocenters. The Morgan fingerprint density at radius 3 is 2.24 bits per heavy atom. The van der Waals surface area contributed by atoms with Crippen LogP contribution in [0.2, 0.25) is 0 Å². The summed E-state index contributed by atoms with van der Waals surface area (Å²) in [6.45, 7) is 0. The highest BCUT2D eigenvalue weighted by Gasteiger charge is 2.23. The number of rotatable bonds is 3. The van der Waals surface area contributed by atoms with E-state index in [1.54, 1.807) is 6.07 Å². The van der Waals surface area contributed by atoms with Gasteiger partial charge in [-0.2, -0.15) is 0 Å². The van der Waals surface area contributed by atoms with Crippen LogP contribution in [0.3, 0.4) is 0 Å². The van der Waals surface area contributed by atoms with Crippen molar-refractivity contribution in [2.24, 2.45) is 0 Å². The van der Waals surface area contributed by atoms with Crippen LogP contribution in [0, 0.1) is 11.6 Å². The van der Waals surface area contributed by atoms with Crippen molar-refractivity contribution in [3.63, 3.8) is 0 Å². The van der Waals surface area contributed by atoms with E-state index >= 15 is 0 Å². The lowest BCUT2D eigenvalue weighted by Crippen LogP contribution is -2.26. The molecular formula is C18H19F2N. The highest BCUT2D eigenvalue weighted by molar-refractivity contribution is 5.46. The first-order valence-electron chi connectivity index (χ1n) is 7.49. The normalized spacial score (nSPS) is 22.0. The molecule has 3 heteroatoms. The quantitative estimate of drug-likeness (QED) is 0.827. The number of halogens is 2. The monoisotopic (exact) mass is 287 g/mol. The Kier molecular flexibility index (Phi) is 4.18. The molecule has 1 aliphatic carbocycles. The van der Waals surface area contributed by atoms with Crippen molar-refractivity contribution in [3.8, 4) is 0 Å². The zero-order valence-corrected chi connectivity index (χ0v) is 11.9. The lowest BCUT2D eigenvalue weighted by Gasteiger charge is -2.30. The highest BCUT2D eigenvalue weighted by Crippen LogP contribution is 2.34. The second-order valence-electron chi connectivity index (χ2n) is 5.70. The maximum Gasteiger partial charge on any atom is 0.181 e. The highest BCUT2D eigenvalue weighted by atomic mass is 19.2. The van der Waals surface area contributed by atoms with Crippen molar-refractivity contribution in [1.82, 2.24) is 0 Å². The van der Waals surface area contributed by atoms with E-state index in [0.717, 1.165) is 31.7 Å².